The Kier molecular flexibility index (Phi) is 4.02. The van der Waals surface area contributed by atoms with Crippen LogP contribution in [0.4, 0.5) is 0 Å². The number of ether oxygens (including phenoxy) is 1. The summed E-state index contributed by atoms with van der Waals surface area (Å²) in [5.41, 5.74) is 0.0304. The molecule has 1 aromatic heterocycles. The Morgan fingerprint density at radius 2 is 2.32 bits per heavy atom. The van der Waals surface area contributed by atoms with Crippen molar-refractivity contribution >= 4 is 5.91 Å². The molecule has 0 N–H and O–H groups in total. The first-order valence-electron chi connectivity index (χ1n) is 6.64. The zero-order valence-corrected chi connectivity index (χ0v) is 11.8. The van der Waals surface area contributed by atoms with Crippen molar-refractivity contribution in [1.29, 1.82) is 0 Å². The van der Waals surface area contributed by atoms with Gasteiger partial charge in [0, 0.05) is 31.6 Å². The van der Waals surface area contributed by atoms with Crippen LogP contribution in [0.1, 0.15) is 33.6 Å². The molecule has 0 bridgehead atoms. The van der Waals surface area contributed by atoms with Crippen molar-refractivity contribution in [2.45, 2.75) is 39.7 Å². The molecule has 1 fully saturated rings. The Morgan fingerprint density at radius 1 is 1.53 bits per heavy atom. The molecular weight excluding hydrogens is 242 g/mol. The highest BCUT2D eigenvalue weighted by Crippen LogP contribution is 2.23. The van der Waals surface area contributed by atoms with E-state index in [1.54, 1.807) is 12.3 Å². The van der Waals surface area contributed by atoms with E-state index in [0.717, 1.165) is 13.0 Å². The fourth-order valence-electron chi connectivity index (χ4n) is 2.14. The normalized spacial score (nSPS) is 19.5. The van der Waals surface area contributed by atoms with Gasteiger partial charge in [0.25, 0.3) is 0 Å². The van der Waals surface area contributed by atoms with Crippen molar-refractivity contribution in [3.8, 4) is 5.88 Å². The van der Waals surface area contributed by atoms with Gasteiger partial charge in [0.2, 0.25) is 11.8 Å². The minimum absolute atomic E-state index is 0.0304. The van der Waals surface area contributed by atoms with E-state index in [1.807, 2.05) is 4.90 Å². The Bertz CT molecular complexity index is 428. The first-order chi connectivity index (χ1) is 8.94. The largest absolute Gasteiger partial charge is 0.472 e. The van der Waals surface area contributed by atoms with E-state index in [4.69, 9.17) is 4.74 Å². The molecule has 1 aromatic rings. The quantitative estimate of drug-likeness (QED) is 0.835. The van der Waals surface area contributed by atoms with E-state index in [1.165, 1.54) is 6.33 Å². The van der Waals surface area contributed by atoms with Crippen LogP contribution < -0.4 is 4.74 Å². The van der Waals surface area contributed by atoms with E-state index in [0.29, 0.717) is 18.8 Å². The monoisotopic (exact) mass is 263 g/mol. The van der Waals surface area contributed by atoms with Crippen LogP contribution in [0, 0.1) is 5.41 Å². The molecular formula is C14H21N3O2. The SMILES string of the molecule is CC(C)(C)CC(=O)N1CCC(Oc2ccncn2)C1. The number of amides is 1. The number of carbonyl (C=O) groups is 1. The zero-order valence-electron chi connectivity index (χ0n) is 11.8. The molecule has 1 aliphatic heterocycles. The highest BCUT2D eigenvalue weighted by atomic mass is 16.5. The maximum absolute atomic E-state index is 12.1. The minimum atomic E-state index is 0.0304. The molecule has 1 saturated heterocycles. The lowest BCUT2D eigenvalue weighted by atomic mass is 9.92. The first-order valence-corrected chi connectivity index (χ1v) is 6.64. The number of likely N-dealkylation sites (tertiary alicyclic amines) is 1. The van der Waals surface area contributed by atoms with Crippen LogP contribution >= 0.6 is 0 Å². The number of aromatic nitrogens is 2. The molecule has 19 heavy (non-hydrogen) atoms. The number of carbonyl (C=O) groups excluding carboxylic acids is 1. The standard InChI is InChI=1S/C14H21N3O2/c1-14(2,3)8-13(18)17-7-5-11(9-17)19-12-4-6-15-10-16-12/h4,6,10-11H,5,7-9H2,1-3H3. The van der Waals surface area contributed by atoms with Crippen LogP contribution in [0.15, 0.2) is 18.6 Å². The smallest absolute Gasteiger partial charge is 0.223 e. The van der Waals surface area contributed by atoms with Crippen molar-refractivity contribution in [2.24, 2.45) is 5.41 Å². The number of rotatable bonds is 3. The molecule has 5 heteroatoms. The van der Waals surface area contributed by atoms with Gasteiger partial charge < -0.3 is 9.64 Å². The lowest BCUT2D eigenvalue weighted by molar-refractivity contribution is -0.132. The van der Waals surface area contributed by atoms with E-state index in [2.05, 4.69) is 30.7 Å². The third-order valence-electron chi connectivity index (χ3n) is 3.02. The molecule has 1 atom stereocenters. The van der Waals surface area contributed by atoms with E-state index in [9.17, 15) is 4.79 Å². The second-order valence-electron chi connectivity index (χ2n) is 6.15. The lowest BCUT2D eigenvalue weighted by Crippen LogP contribution is -2.33. The molecule has 1 unspecified atom stereocenters. The summed E-state index contributed by atoms with van der Waals surface area (Å²) in [6.45, 7) is 7.66. The average Bonchev–Trinajstić information content (AvgIpc) is 2.77. The Hall–Kier alpha value is -1.65. The van der Waals surface area contributed by atoms with E-state index < -0.39 is 0 Å². The fourth-order valence-corrected chi connectivity index (χ4v) is 2.14. The predicted octanol–water partition coefficient (Wildman–Crippen LogP) is 1.89. The minimum Gasteiger partial charge on any atom is -0.472 e. The van der Waals surface area contributed by atoms with Gasteiger partial charge in [-0.15, -0.1) is 0 Å². The number of hydrogen-bond donors (Lipinski definition) is 0. The summed E-state index contributed by atoms with van der Waals surface area (Å²) in [5.74, 6) is 0.784. The molecule has 0 aliphatic carbocycles. The molecule has 5 nitrogen and oxygen atoms in total. The van der Waals surface area contributed by atoms with Gasteiger partial charge in [-0.05, 0) is 5.41 Å². The van der Waals surface area contributed by atoms with Crippen molar-refractivity contribution in [2.75, 3.05) is 13.1 Å². The van der Waals surface area contributed by atoms with Gasteiger partial charge in [0.1, 0.15) is 12.4 Å². The Labute approximate surface area is 114 Å². The average molecular weight is 263 g/mol. The summed E-state index contributed by atoms with van der Waals surface area (Å²) in [6, 6.07) is 1.74. The summed E-state index contributed by atoms with van der Waals surface area (Å²) in [7, 11) is 0. The van der Waals surface area contributed by atoms with Crippen molar-refractivity contribution in [3.05, 3.63) is 18.6 Å². The first kappa shape index (κ1) is 13.8. The van der Waals surface area contributed by atoms with Gasteiger partial charge in [-0.3, -0.25) is 4.79 Å². The maximum atomic E-state index is 12.1. The molecule has 0 saturated carbocycles. The Balaban J connectivity index is 1.85. The molecule has 0 aromatic carbocycles. The number of nitrogens with zero attached hydrogens (tertiary/aromatic N) is 3. The van der Waals surface area contributed by atoms with Crippen molar-refractivity contribution in [3.63, 3.8) is 0 Å². The van der Waals surface area contributed by atoms with Gasteiger partial charge in [-0.2, -0.15) is 0 Å². The second-order valence-corrected chi connectivity index (χ2v) is 6.15. The summed E-state index contributed by atoms with van der Waals surface area (Å²) in [5, 5.41) is 0. The number of hydrogen-bond acceptors (Lipinski definition) is 4. The van der Waals surface area contributed by atoms with E-state index in [-0.39, 0.29) is 17.4 Å². The molecule has 1 amide bonds. The van der Waals surface area contributed by atoms with Crippen molar-refractivity contribution < 1.29 is 9.53 Å². The van der Waals surface area contributed by atoms with Gasteiger partial charge >= 0.3 is 0 Å². The third kappa shape index (κ3) is 4.19. The maximum Gasteiger partial charge on any atom is 0.223 e. The highest BCUT2D eigenvalue weighted by molar-refractivity contribution is 5.77. The summed E-state index contributed by atoms with van der Waals surface area (Å²) < 4.78 is 5.74. The topological polar surface area (TPSA) is 55.3 Å². The van der Waals surface area contributed by atoms with Gasteiger partial charge in [0.15, 0.2) is 0 Å². The summed E-state index contributed by atoms with van der Waals surface area (Å²) >= 11 is 0. The van der Waals surface area contributed by atoms with Crippen LogP contribution in [0.2, 0.25) is 0 Å². The Morgan fingerprint density at radius 3 is 2.95 bits per heavy atom. The zero-order chi connectivity index (χ0) is 13.9. The van der Waals surface area contributed by atoms with Gasteiger partial charge in [0.05, 0.1) is 6.54 Å². The van der Waals surface area contributed by atoms with Crippen LogP contribution in [0.25, 0.3) is 0 Å². The molecule has 2 rings (SSSR count). The molecule has 104 valence electrons. The van der Waals surface area contributed by atoms with Gasteiger partial charge in [-0.25, -0.2) is 9.97 Å². The summed E-state index contributed by atoms with van der Waals surface area (Å²) in [6.07, 6.45) is 4.60. The molecule has 0 spiro atoms. The van der Waals surface area contributed by atoms with Crippen LogP contribution in [0.5, 0.6) is 5.88 Å². The van der Waals surface area contributed by atoms with Crippen LogP contribution in [-0.4, -0.2) is 40.0 Å². The van der Waals surface area contributed by atoms with Crippen molar-refractivity contribution in [1.82, 2.24) is 14.9 Å². The second kappa shape index (κ2) is 5.55. The molecule has 2 heterocycles. The van der Waals surface area contributed by atoms with Gasteiger partial charge in [-0.1, -0.05) is 20.8 Å². The highest BCUT2D eigenvalue weighted by Gasteiger charge is 2.29. The van der Waals surface area contributed by atoms with Crippen LogP contribution in [-0.2, 0) is 4.79 Å². The third-order valence-corrected chi connectivity index (χ3v) is 3.02. The van der Waals surface area contributed by atoms with Crippen LogP contribution in [0.3, 0.4) is 0 Å². The summed E-state index contributed by atoms with van der Waals surface area (Å²) in [4.78, 5) is 21.9. The molecule has 1 aliphatic rings. The predicted molar refractivity (Wildman–Crippen MR) is 71.7 cm³/mol. The molecule has 0 radical (unpaired) electrons. The fraction of sp³-hybridized carbons (Fsp3) is 0.643. The lowest BCUT2D eigenvalue weighted by Gasteiger charge is -2.22. The van der Waals surface area contributed by atoms with E-state index >= 15 is 0 Å².